The standard InChI is InChI=1S/C12H11NS/c14-12-9-5-4-8-11(12)13-10-6-2-1-3-7-10/h1-6,8-9,14H,7H2. The van der Waals surface area contributed by atoms with Crippen molar-refractivity contribution in [2.45, 2.75) is 11.3 Å². The highest BCUT2D eigenvalue weighted by molar-refractivity contribution is 7.80. The molecule has 0 fully saturated rings. The predicted octanol–water partition coefficient (Wildman–Crippen LogP) is 3.56. The SMILES string of the molecule is Sc1ccccc1N=C1C=CC=CC1. The minimum absolute atomic E-state index is 0.901. The fourth-order valence-electron chi connectivity index (χ4n) is 1.30. The van der Waals surface area contributed by atoms with Gasteiger partial charge in [0.15, 0.2) is 0 Å². The van der Waals surface area contributed by atoms with E-state index in [1.54, 1.807) is 0 Å². The largest absolute Gasteiger partial charge is 0.252 e. The smallest absolute Gasteiger partial charge is 0.0766 e. The van der Waals surface area contributed by atoms with Gasteiger partial charge < -0.3 is 0 Å². The molecule has 0 aromatic heterocycles. The number of allylic oxidation sites excluding steroid dienone is 4. The summed E-state index contributed by atoms with van der Waals surface area (Å²) in [6, 6.07) is 7.86. The van der Waals surface area contributed by atoms with E-state index in [1.165, 1.54) is 0 Å². The van der Waals surface area contributed by atoms with E-state index in [-0.39, 0.29) is 0 Å². The van der Waals surface area contributed by atoms with Gasteiger partial charge >= 0.3 is 0 Å². The molecule has 0 amide bonds. The van der Waals surface area contributed by atoms with Crippen molar-refractivity contribution in [1.82, 2.24) is 0 Å². The molecule has 1 aromatic rings. The van der Waals surface area contributed by atoms with Crippen molar-refractivity contribution in [2.24, 2.45) is 4.99 Å². The number of thiol groups is 1. The lowest BCUT2D eigenvalue weighted by Crippen LogP contribution is -1.93. The quantitative estimate of drug-likeness (QED) is 0.667. The lowest BCUT2D eigenvalue weighted by Gasteiger charge is -2.03. The van der Waals surface area contributed by atoms with Crippen LogP contribution < -0.4 is 0 Å². The molecule has 0 spiro atoms. The number of nitrogens with zero attached hydrogens (tertiary/aromatic N) is 1. The minimum atomic E-state index is 0.901. The molecule has 1 aromatic carbocycles. The summed E-state index contributed by atoms with van der Waals surface area (Å²) >= 11 is 4.35. The van der Waals surface area contributed by atoms with Crippen LogP contribution in [0.4, 0.5) is 5.69 Å². The summed E-state index contributed by atoms with van der Waals surface area (Å²) in [6.45, 7) is 0. The van der Waals surface area contributed by atoms with E-state index >= 15 is 0 Å². The van der Waals surface area contributed by atoms with Gasteiger partial charge in [-0.1, -0.05) is 30.4 Å². The fourth-order valence-corrected chi connectivity index (χ4v) is 1.51. The molecule has 1 nitrogen and oxygen atoms in total. The van der Waals surface area contributed by atoms with Crippen molar-refractivity contribution >= 4 is 24.0 Å². The minimum Gasteiger partial charge on any atom is -0.252 e. The van der Waals surface area contributed by atoms with Crippen molar-refractivity contribution in [1.29, 1.82) is 0 Å². The molecule has 70 valence electrons. The van der Waals surface area contributed by atoms with E-state index in [0.29, 0.717) is 0 Å². The molecule has 0 aliphatic heterocycles. The number of rotatable bonds is 1. The van der Waals surface area contributed by atoms with Crippen LogP contribution in [0.3, 0.4) is 0 Å². The summed E-state index contributed by atoms with van der Waals surface area (Å²) in [7, 11) is 0. The summed E-state index contributed by atoms with van der Waals surface area (Å²) < 4.78 is 0. The first-order chi connectivity index (χ1) is 6.86. The number of para-hydroxylation sites is 1. The molecule has 0 unspecified atom stereocenters. The van der Waals surface area contributed by atoms with Crippen LogP contribution in [0, 0.1) is 0 Å². The molecule has 14 heavy (non-hydrogen) atoms. The Labute approximate surface area is 89.3 Å². The van der Waals surface area contributed by atoms with Crippen LogP contribution in [0.25, 0.3) is 0 Å². The Morgan fingerprint density at radius 2 is 2.00 bits per heavy atom. The van der Waals surface area contributed by atoms with Crippen LogP contribution in [-0.4, -0.2) is 5.71 Å². The maximum Gasteiger partial charge on any atom is 0.0766 e. The van der Waals surface area contributed by atoms with E-state index in [1.807, 2.05) is 42.5 Å². The summed E-state index contributed by atoms with van der Waals surface area (Å²) in [5, 5.41) is 0. The Balaban J connectivity index is 2.29. The Morgan fingerprint density at radius 3 is 2.71 bits per heavy atom. The Hall–Kier alpha value is -1.28. The van der Waals surface area contributed by atoms with Gasteiger partial charge in [0.1, 0.15) is 0 Å². The zero-order valence-corrected chi connectivity index (χ0v) is 8.61. The van der Waals surface area contributed by atoms with Crippen LogP contribution in [0.15, 0.2) is 58.5 Å². The third-order valence-electron chi connectivity index (χ3n) is 2.01. The summed E-state index contributed by atoms with van der Waals surface area (Å²) in [6.07, 6.45) is 9.06. The maximum absolute atomic E-state index is 4.52. The third-order valence-corrected chi connectivity index (χ3v) is 2.39. The van der Waals surface area contributed by atoms with E-state index in [2.05, 4.69) is 23.7 Å². The summed E-state index contributed by atoms with van der Waals surface area (Å²) in [5.74, 6) is 0. The van der Waals surface area contributed by atoms with Crippen LogP contribution in [0.2, 0.25) is 0 Å². The molecule has 0 saturated carbocycles. The van der Waals surface area contributed by atoms with Crippen molar-refractivity contribution in [3.8, 4) is 0 Å². The van der Waals surface area contributed by atoms with Crippen molar-refractivity contribution in [2.75, 3.05) is 0 Å². The van der Waals surface area contributed by atoms with Crippen LogP contribution in [0.5, 0.6) is 0 Å². The predicted molar refractivity (Wildman–Crippen MR) is 63.7 cm³/mol. The Morgan fingerprint density at radius 1 is 1.14 bits per heavy atom. The van der Waals surface area contributed by atoms with Gasteiger partial charge in [-0.2, -0.15) is 0 Å². The second kappa shape index (κ2) is 4.29. The Bertz CT molecular complexity index is 416. The lowest BCUT2D eigenvalue weighted by molar-refractivity contribution is 1.34. The fraction of sp³-hybridized carbons (Fsp3) is 0.0833. The molecule has 0 radical (unpaired) electrons. The molecule has 0 saturated heterocycles. The van der Waals surface area contributed by atoms with E-state index in [9.17, 15) is 0 Å². The summed E-state index contributed by atoms with van der Waals surface area (Å²) in [4.78, 5) is 5.44. The summed E-state index contributed by atoms with van der Waals surface area (Å²) in [5.41, 5.74) is 2.01. The van der Waals surface area contributed by atoms with Gasteiger partial charge in [-0.15, -0.1) is 12.6 Å². The molecule has 2 heteroatoms. The zero-order chi connectivity index (χ0) is 9.80. The van der Waals surface area contributed by atoms with Gasteiger partial charge in [0.25, 0.3) is 0 Å². The number of hydrogen-bond donors (Lipinski definition) is 1. The second-order valence-corrected chi connectivity index (χ2v) is 3.57. The van der Waals surface area contributed by atoms with Gasteiger partial charge in [-0.05, 0) is 18.2 Å². The molecule has 0 bridgehead atoms. The lowest BCUT2D eigenvalue weighted by atomic mass is 10.1. The van der Waals surface area contributed by atoms with Gasteiger partial charge in [-0.25, -0.2) is 0 Å². The third kappa shape index (κ3) is 2.15. The van der Waals surface area contributed by atoms with Gasteiger partial charge in [-0.3, -0.25) is 4.99 Å². The molecule has 1 aliphatic rings. The average molecular weight is 201 g/mol. The highest BCUT2D eigenvalue weighted by atomic mass is 32.1. The van der Waals surface area contributed by atoms with Gasteiger partial charge in [0, 0.05) is 17.0 Å². The molecule has 2 rings (SSSR count). The van der Waals surface area contributed by atoms with Crippen LogP contribution in [0.1, 0.15) is 6.42 Å². The molecular weight excluding hydrogens is 190 g/mol. The van der Waals surface area contributed by atoms with Crippen LogP contribution in [-0.2, 0) is 0 Å². The normalized spacial score (nSPS) is 17.6. The Kier molecular flexibility index (Phi) is 2.84. The first-order valence-corrected chi connectivity index (χ1v) is 5.00. The molecular formula is C12H11NS. The first kappa shape index (κ1) is 9.28. The van der Waals surface area contributed by atoms with Crippen molar-refractivity contribution < 1.29 is 0 Å². The van der Waals surface area contributed by atoms with E-state index in [4.69, 9.17) is 0 Å². The van der Waals surface area contributed by atoms with Crippen molar-refractivity contribution in [3.05, 3.63) is 48.6 Å². The molecule has 1 aliphatic carbocycles. The highest BCUT2D eigenvalue weighted by Crippen LogP contribution is 2.23. The maximum atomic E-state index is 4.52. The van der Waals surface area contributed by atoms with Gasteiger partial charge in [0.05, 0.1) is 5.69 Å². The second-order valence-electron chi connectivity index (χ2n) is 3.08. The van der Waals surface area contributed by atoms with Crippen molar-refractivity contribution in [3.63, 3.8) is 0 Å². The van der Waals surface area contributed by atoms with E-state index in [0.717, 1.165) is 22.7 Å². The number of benzene rings is 1. The topological polar surface area (TPSA) is 12.4 Å². The molecule has 0 atom stereocenters. The highest BCUT2D eigenvalue weighted by Gasteiger charge is 1.98. The molecule has 0 heterocycles. The zero-order valence-electron chi connectivity index (χ0n) is 7.72. The average Bonchev–Trinajstić information content (AvgIpc) is 2.23. The van der Waals surface area contributed by atoms with Crippen LogP contribution >= 0.6 is 12.6 Å². The molecule has 0 N–H and O–H groups in total. The number of aliphatic imine (C=N–C) groups is 1. The first-order valence-electron chi connectivity index (χ1n) is 4.55. The van der Waals surface area contributed by atoms with Gasteiger partial charge in [0.2, 0.25) is 0 Å². The number of hydrogen-bond acceptors (Lipinski definition) is 2. The van der Waals surface area contributed by atoms with E-state index < -0.39 is 0 Å². The monoisotopic (exact) mass is 201 g/mol.